The maximum atomic E-state index is 12.8. The first-order valence-corrected chi connectivity index (χ1v) is 10.5. The Hall–Kier alpha value is -2.90. The molecule has 29 heavy (non-hydrogen) atoms. The third-order valence-corrected chi connectivity index (χ3v) is 5.78. The first-order chi connectivity index (χ1) is 14.2. The fourth-order valence-corrected chi connectivity index (χ4v) is 4.18. The van der Waals surface area contributed by atoms with E-state index in [2.05, 4.69) is 15.4 Å². The molecule has 1 unspecified atom stereocenters. The molecule has 8 nitrogen and oxygen atoms in total. The van der Waals surface area contributed by atoms with Gasteiger partial charge in [-0.05, 0) is 49.9 Å². The van der Waals surface area contributed by atoms with E-state index in [1.54, 1.807) is 23.1 Å². The summed E-state index contributed by atoms with van der Waals surface area (Å²) in [5, 5.41) is 7.11. The van der Waals surface area contributed by atoms with Crippen LogP contribution in [-0.2, 0) is 6.54 Å². The first kappa shape index (κ1) is 19.4. The van der Waals surface area contributed by atoms with Crippen molar-refractivity contribution in [2.24, 2.45) is 0 Å². The molecule has 4 rings (SSSR count). The molecule has 8 heteroatoms. The number of aromatic nitrogens is 3. The van der Waals surface area contributed by atoms with Crippen molar-refractivity contribution in [1.29, 1.82) is 0 Å². The Balaban J connectivity index is 1.35. The molecular weight excluding hydrogens is 368 g/mol. The van der Waals surface area contributed by atoms with Crippen molar-refractivity contribution in [2.45, 2.75) is 51.1 Å². The molecule has 1 N–H and O–H groups in total. The van der Waals surface area contributed by atoms with E-state index in [0.29, 0.717) is 17.8 Å². The van der Waals surface area contributed by atoms with Crippen molar-refractivity contribution in [3.8, 4) is 0 Å². The van der Waals surface area contributed by atoms with Crippen LogP contribution in [-0.4, -0.2) is 62.2 Å². The number of anilines is 1. The minimum absolute atomic E-state index is 0.0808. The van der Waals surface area contributed by atoms with Crippen LogP contribution in [0.25, 0.3) is 0 Å². The quantitative estimate of drug-likeness (QED) is 0.861. The van der Waals surface area contributed by atoms with Gasteiger partial charge in [-0.25, -0.2) is 9.78 Å². The maximum absolute atomic E-state index is 12.8. The highest BCUT2D eigenvalue weighted by Gasteiger charge is 2.29. The summed E-state index contributed by atoms with van der Waals surface area (Å²) < 4.78 is 1.76. The van der Waals surface area contributed by atoms with Crippen LogP contribution in [0.3, 0.4) is 0 Å². The lowest BCUT2D eigenvalue weighted by atomic mass is 10.1. The fourth-order valence-electron chi connectivity index (χ4n) is 4.18. The van der Waals surface area contributed by atoms with Gasteiger partial charge in [-0.2, -0.15) is 5.10 Å². The Labute approximate surface area is 170 Å². The summed E-state index contributed by atoms with van der Waals surface area (Å²) in [4.78, 5) is 33.2. The van der Waals surface area contributed by atoms with Gasteiger partial charge in [-0.1, -0.05) is 12.8 Å². The van der Waals surface area contributed by atoms with E-state index >= 15 is 0 Å². The number of benzene rings is 1. The number of amides is 3. The van der Waals surface area contributed by atoms with Gasteiger partial charge in [0.2, 0.25) is 0 Å². The number of carbonyl (C=O) groups is 2. The molecule has 1 aromatic heterocycles. The van der Waals surface area contributed by atoms with E-state index in [-0.39, 0.29) is 18.0 Å². The van der Waals surface area contributed by atoms with Crippen molar-refractivity contribution in [3.63, 3.8) is 0 Å². The molecule has 2 fully saturated rings. The molecule has 0 aliphatic carbocycles. The molecule has 0 radical (unpaired) electrons. The van der Waals surface area contributed by atoms with Gasteiger partial charge in [0.25, 0.3) is 5.91 Å². The van der Waals surface area contributed by atoms with Gasteiger partial charge >= 0.3 is 6.03 Å². The molecule has 3 amide bonds. The number of carbonyl (C=O) groups excluding carboxylic acids is 2. The minimum Gasteiger partial charge on any atom is -0.339 e. The minimum atomic E-state index is -0.112. The topological polar surface area (TPSA) is 83.4 Å². The Morgan fingerprint density at radius 1 is 1.00 bits per heavy atom. The molecule has 1 aromatic carbocycles. The highest BCUT2D eigenvalue weighted by atomic mass is 16.2. The summed E-state index contributed by atoms with van der Waals surface area (Å²) in [7, 11) is 0. The fraction of sp³-hybridized carbons (Fsp3) is 0.524. The van der Waals surface area contributed by atoms with Crippen molar-refractivity contribution in [3.05, 3.63) is 42.5 Å². The summed E-state index contributed by atoms with van der Waals surface area (Å²) in [6, 6.07) is 7.23. The van der Waals surface area contributed by atoms with Gasteiger partial charge in [0.1, 0.15) is 12.7 Å². The predicted octanol–water partition coefficient (Wildman–Crippen LogP) is 2.99. The molecular formula is C21H28N6O2. The molecule has 2 saturated heterocycles. The van der Waals surface area contributed by atoms with Gasteiger partial charge in [-0.3, -0.25) is 9.48 Å². The van der Waals surface area contributed by atoms with Crippen LogP contribution < -0.4 is 5.32 Å². The standard InChI is InChI=1S/C21H28N6O2/c28-20(25-11-3-1-2-4-12-25)17-7-9-18(10-8-17)24-21(29)27-13-5-6-19(27)14-26-16-22-15-23-26/h7-10,15-16,19H,1-6,11-14H2,(H,24,29). The number of nitrogens with zero attached hydrogens (tertiary/aromatic N) is 5. The van der Waals surface area contributed by atoms with Gasteiger partial charge in [0.15, 0.2) is 0 Å². The molecule has 3 heterocycles. The zero-order chi connectivity index (χ0) is 20.1. The van der Waals surface area contributed by atoms with Gasteiger partial charge in [0.05, 0.1) is 12.6 Å². The van der Waals surface area contributed by atoms with E-state index in [1.165, 1.54) is 19.2 Å². The lowest BCUT2D eigenvalue weighted by Gasteiger charge is -2.25. The summed E-state index contributed by atoms with van der Waals surface area (Å²) in [5.74, 6) is 0.0808. The smallest absolute Gasteiger partial charge is 0.322 e. The van der Waals surface area contributed by atoms with Crippen molar-refractivity contribution in [1.82, 2.24) is 24.6 Å². The largest absolute Gasteiger partial charge is 0.339 e. The molecule has 1 atom stereocenters. The molecule has 2 aliphatic heterocycles. The summed E-state index contributed by atoms with van der Waals surface area (Å²) >= 11 is 0. The predicted molar refractivity (Wildman–Crippen MR) is 110 cm³/mol. The Kier molecular flexibility index (Phi) is 6.07. The Bertz CT molecular complexity index is 812. The zero-order valence-corrected chi connectivity index (χ0v) is 16.7. The van der Waals surface area contributed by atoms with Crippen LogP contribution in [0.4, 0.5) is 10.5 Å². The van der Waals surface area contributed by atoms with Crippen LogP contribution in [0.15, 0.2) is 36.9 Å². The van der Waals surface area contributed by atoms with E-state index in [4.69, 9.17) is 0 Å². The summed E-state index contributed by atoms with van der Waals surface area (Å²) in [6.45, 7) is 3.05. The summed E-state index contributed by atoms with van der Waals surface area (Å²) in [5.41, 5.74) is 1.38. The zero-order valence-electron chi connectivity index (χ0n) is 16.7. The molecule has 0 spiro atoms. The molecule has 2 aromatic rings. The lowest BCUT2D eigenvalue weighted by Crippen LogP contribution is -2.40. The second kappa shape index (κ2) is 9.07. The monoisotopic (exact) mass is 396 g/mol. The summed E-state index contributed by atoms with van der Waals surface area (Å²) in [6.07, 6.45) is 9.66. The van der Waals surface area contributed by atoms with Crippen LogP contribution in [0.1, 0.15) is 48.9 Å². The molecule has 154 valence electrons. The number of hydrogen-bond acceptors (Lipinski definition) is 4. The van der Waals surface area contributed by atoms with Gasteiger partial charge < -0.3 is 15.1 Å². The van der Waals surface area contributed by atoms with Crippen LogP contribution in [0.2, 0.25) is 0 Å². The van der Waals surface area contributed by atoms with E-state index in [1.807, 2.05) is 21.9 Å². The number of rotatable bonds is 4. The average Bonchev–Trinajstić information content (AvgIpc) is 3.34. The average molecular weight is 396 g/mol. The van der Waals surface area contributed by atoms with E-state index < -0.39 is 0 Å². The number of hydrogen-bond donors (Lipinski definition) is 1. The van der Waals surface area contributed by atoms with Gasteiger partial charge in [-0.15, -0.1) is 0 Å². The Morgan fingerprint density at radius 3 is 2.45 bits per heavy atom. The van der Waals surface area contributed by atoms with Crippen LogP contribution >= 0.6 is 0 Å². The van der Waals surface area contributed by atoms with Crippen LogP contribution in [0.5, 0.6) is 0 Å². The van der Waals surface area contributed by atoms with Crippen molar-refractivity contribution >= 4 is 17.6 Å². The number of nitrogens with one attached hydrogen (secondary N) is 1. The third-order valence-electron chi connectivity index (χ3n) is 5.78. The Morgan fingerprint density at radius 2 is 1.76 bits per heavy atom. The van der Waals surface area contributed by atoms with Crippen molar-refractivity contribution in [2.75, 3.05) is 25.0 Å². The normalized spacial score (nSPS) is 19.8. The molecule has 0 saturated carbocycles. The second-order valence-corrected chi connectivity index (χ2v) is 7.82. The second-order valence-electron chi connectivity index (χ2n) is 7.82. The highest BCUT2D eigenvalue weighted by molar-refractivity contribution is 5.95. The molecule has 2 aliphatic rings. The number of urea groups is 1. The first-order valence-electron chi connectivity index (χ1n) is 10.5. The van der Waals surface area contributed by atoms with E-state index in [0.717, 1.165) is 45.3 Å². The maximum Gasteiger partial charge on any atom is 0.322 e. The van der Waals surface area contributed by atoms with E-state index in [9.17, 15) is 9.59 Å². The highest BCUT2D eigenvalue weighted by Crippen LogP contribution is 2.21. The third kappa shape index (κ3) is 4.75. The SMILES string of the molecule is O=C(c1ccc(NC(=O)N2CCCC2Cn2cncn2)cc1)N1CCCCCC1. The lowest BCUT2D eigenvalue weighted by molar-refractivity contribution is 0.0761. The van der Waals surface area contributed by atoms with Gasteiger partial charge in [0, 0.05) is 30.9 Å². The van der Waals surface area contributed by atoms with Crippen LogP contribution in [0, 0.1) is 0 Å². The molecule has 0 bridgehead atoms. The van der Waals surface area contributed by atoms with Crippen molar-refractivity contribution < 1.29 is 9.59 Å². The number of likely N-dealkylation sites (tertiary alicyclic amines) is 2.